The summed E-state index contributed by atoms with van der Waals surface area (Å²) in [5, 5.41) is 22.5. The number of hydrogen-bond acceptors (Lipinski definition) is 7. The molecule has 0 aromatic carbocycles. The van der Waals surface area contributed by atoms with E-state index in [1.807, 2.05) is 20.8 Å². The van der Waals surface area contributed by atoms with Crippen LogP contribution in [0.3, 0.4) is 0 Å². The van der Waals surface area contributed by atoms with Gasteiger partial charge in [-0.3, -0.25) is 9.59 Å². The van der Waals surface area contributed by atoms with Crippen molar-refractivity contribution in [2.75, 3.05) is 24.3 Å². The van der Waals surface area contributed by atoms with Crippen molar-refractivity contribution >= 4 is 28.9 Å². The quantitative estimate of drug-likeness (QED) is 0.381. The number of aliphatic hydroxyl groups excluding tert-OH is 1. The molecule has 3 aromatic heterocycles. The number of hydrogen-bond donors (Lipinski definition) is 4. The normalized spacial score (nSPS) is 12.2. The highest BCUT2D eigenvalue weighted by molar-refractivity contribution is 6.00. The van der Waals surface area contributed by atoms with E-state index in [4.69, 9.17) is 5.11 Å². The fourth-order valence-corrected chi connectivity index (χ4v) is 3.49. The van der Waals surface area contributed by atoms with Gasteiger partial charge in [0.2, 0.25) is 0 Å². The molecule has 0 unspecified atom stereocenters. The molecule has 4 N–H and O–H groups in total. The fourth-order valence-electron chi connectivity index (χ4n) is 3.49. The van der Waals surface area contributed by atoms with Crippen LogP contribution >= 0.6 is 0 Å². The topological polar surface area (TPSA) is 126 Å². The number of nitrogens with zero attached hydrogens (tertiary/aromatic N) is 4. The molecule has 0 aliphatic heterocycles. The molecular formula is C22H31N7O3. The van der Waals surface area contributed by atoms with Gasteiger partial charge in [0.25, 0.3) is 11.5 Å². The summed E-state index contributed by atoms with van der Waals surface area (Å²) in [6.45, 7) is 5.95. The Hall–Kier alpha value is -3.40. The molecule has 3 aromatic rings. The van der Waals surface area contributed by atoms with E-state index < -0.39 is 0 Å². The molecule has 1 amide bonds. The molecule has 10 nitrogen and oxygen atoms in total. The van der Waals surface area contributed by atoms with Crippen LogP contribution in [0.1, 0.15) is 56.4 Å². The number of anilines is 3. The second kappa shape index (κ2) is 10.3. The molecule has 0 saturated heterocycles. The number of rotatable bonds is 10. The number of carbonyl (C=O) groups is 1. The molecule has 172 valence electrons. The SMILES string of the molecule is CC[C@H](CCCO)NC(=O)c1cnn2c(NC)cc(Nc3cccn(C(C)C)c3=O)nc12. The van der Waals surface area contributed by atoms with Gasteiger partial charge < -0.3 is 25.6 Å². The molecule has 0 bridgehead atoms. The van der Waals surface area contributed by atoms with Crippen molar-refractivity contribution in [2.24, 2.45) is 0 Å². The monoisotopic (exact) mass is 441 g/mol. The number of pyridine rings is 1. The summed E-state index contributed by atoms with van der Waals surface area (Å²) in [6, 6.07) is 5.20. The van der Waals surface area contributed by atoms with E-state index in [-0.39, 0.29) is 30.2 Å². The van der Waals surface area contributed by atoms with Gasteiger partial charge in [0.15, 0.2) is 5.65 Å². The van der Waals surface area contributed by atoms with Gasteiger partial charge in [-0.25, -0.2) is 4.98 Å². The first-order valence-corrected chi connectivity index (χ1v) is 10.9. The van der Waals surface area contributed by atoms with Crippen molar-refractivity contribution in [3.05, 3.63) is 46.5 Å². The number of aliphatic hydroxyl groups is 1. The predicted octanol–water partition coefficient (Wildman–Crippen LogP) is 2.54. The van der Waals surface area contributed by atoms with E-state index in [2.05, 4.69) is 26.0 Å². The second-order valence-corrected chi connectivity index (χ2v) is 7.87. The third-order valence-corrected chi connectivity index (χ3v) is 5.30. The molecular weight excluding hydrogens is 410 g/mol. The van der Waals surface area contributed by atoms with E-state index in [1.54, 1.807) is 40.5 Å². The molecule has 32 heavy (non-hydrogen) atoms. The van der Waals surface area contributed by atoms with Crippen LogP contribution in [0.15, 0.2) is 35.4 Å². The Morgan fingerprint density at radius 1 is 1.31 bits per heavy atom. The first-order valence-electron chi connectivity index (χ1n) is 10.9. The average molecular weight is 442 g/mol. The Morgan fingerprint density at radius 2 is 2.09 bits per heavy atom. The van der Waals surface area contributed by atoms with Crippen LogP contribution in [0.2, 0.25) is 0 Å². The molecule has 0 aliphatic carbocycles. The summed E-state index contributed by atoms with van der Waals surface area (Å²) in [4.78, 5) is 30.3. The Balaban J connectivity index is 1.96. The van der Waals surface area contributed by atoms with Crippen LogP contribution in [0, 0.1) is 0 Å². The summed E-state index contributed by atoms with van der Waals surface area (Å²) in [5.74, 6) is 0.754. The highest BCUT2D eigenvalue weighted by Gasteiger charge is 2.20. The lowest BCUT2D eigenvalue weighted by Gasteiger charge is -2.16. The molecule has 3 heterocycles. The summed E-state index contributed by atoms with van der Waals surface area (Å²) < 4.78 is 3.18. The minimum absolute atomic E-state index is 0.0232. The van der Waals surface area contributed by atoms with Crippen molar-refractivity contribution in [2.45, 2.75) is 52.1 Å². The summed E-state index contributed by atoms with van der Waals surface area (Å²) in [7, 11) is 1.75. The van der Waals surface area contributed by atoms with Gasteiger partial charge in [0, 0.05) is 38.0 Å². The van der Waals surface area contributed by atoms with Crippen molar-refractivity contribution in [1.29, 1.82) is 0 Å². The maximum atomic E-state index is 12.9. The van der Waals surface area contributed by atoms with Crippen LogP contribution in [-0.2, 0) is 0 Å². The molecule has 0 aliphatic rings. The van der Waals surface area contributed by atoms with Crippen molar-refractivity contribution in [1.82, 2.24) is 24.5 Å². The highest BCUT2D eigenvalue weighted by Crippen LogP contribution is 2.21. The van der Waals surface area contributed by atoms with Gasteiger partial charge in [-0.15, -0.1) is 0 Å². The molecule has 10 heteroatoms. The Bertz CT molecular complexity index is 1140. The largest absolute Gasteiger partial charge is 0.396 e. The first-order chi connectivity index (χ1) is 15.4. The molecule has 0 spiro atoms. The maximum Gasteiger partial charge on any atom is 0.274 e. The molecule has 3 rings (SSSR count). The Morgan fingerprint density at radius 3 is 2.75 bits per heavy atom. The van der Waals surface area contributed by atoms with Crippen molar-refractivity contribution in [3.8, 4) is 0 Å². The second-order valence-electron chi connectivity index (χ2n) is 7.87. The van der Waals surface area contributed by atoms with Crippen molar-refractivity contribution < 1.29 is 9.90 Å². The zero-order chi connectivity index (χ0) is 23.3. The van der Waals surface area contributed by atoms with Crippen LogP contribution in [-0.4, -0.2) is 49.9 Å². The van der Waals surface area contributed by atoms with Gasteiger partial charge in [-0.05, 0) is 45.2 Å². The number of fused-ring (bicyclic) bond motifs is 1. The molecule has 1 atom stereocenters. The van der Waals surface area contributed by atoms with E-state index >= 15 is 0 Å². The van der Waals surface area contributed by atoms with E-state index in [0.717, 1.165) is 6.42 Å². The van der Waals surface area contributed by atoms with Crippen LogP contribution in [0.4, 0.5) is 17.3 Å². The first kappa shape index (κ1) is 23.3. The summed E-state index contributed by atoms with van der Waals surface area (Å²) in [6.07, 6.45) is 5.29. The standard InChI is InChI=1S/C22H31N7O3/c1-5-15(8-7-11-30)25-21(31)16-13-24-29-19(23-4)12-18(27-20(16)29)26-17-9-6-10-28(14(2)3)22(17)32/h6,9-10,12-15,23,30H,5,7-8,11H2,1-4H3,(H,25,31)(H,26,27)/t15-/m1/s1. The van der Waals surface area contributed by atoms with Crippen LogP contribution < -0.4 is 21.5 Å². The van der Waals surface area contributed by atoms with E-state index in [0.29, 0.717) is 41.4 Å². The summed E-state index contributed by atoms with van der Waals surface area (Å²) >= 11 is 0. The van der Waals surface area contributed by atoms with Gasteiger partial charge >= 0.3 is 0 Å². The van der Waals surface area contributed by atoms with Gasteiger partial charge in [-0.1, -0.05) is 6.92 Å². The third-order valence-electron chi connectivity index (χ3n) is 5.30. The van der Waals surface area contributed by atoms with Gasteiger partial charge in [0.1, 0.15) is 22.9 Å². The maximum absolute atomic E-state index is 12.9. The zero-order valence-electron chi connectivity index (χ0n) is 18.9. The molecule has 0 fully saturated rings. The number of amides is 1. The smallest absolute Gasteiger partial charge is 0.274 e. The Labute approximate surface area is 186 Å². The zero-order valence-corrected chi connectivity index (χ0v) is 18.9. The lowest BCUT2D eigenvalue weighted by atomic mass is 10.1. The van der Waals surface area contributed by atoms with Gasteiger partial charge in [0.05, 0.1) is 6.20 Å². The number of aromatic nitrogens is 4. The molecule has 0 saturated carbocycles. The third kappa shape index (κ3) is 4.91. The van der Waals surface area contributed by atoms with Crippen LogP contribution in [0.25, 0.3) is 5.65 Å². The fraction of sp³-hybridized carbons (Fsp3) is 0.455. The Kier molecular flexibility index (Phi) is 7.47. The van der Waals surface area contributed by atoms with E-state index in [9.17, 15) is 9.59 Å². The highest BCUT2D eigenvalue weighted by atomic mass is 16.3. The van der Waals surface area contributed by atoms with E-state index in [1.165, 1.54) is 6.20 Å². The minimum atomic E-state index is -0.279. The van der Waals surface area contributed by atoms with Gasteiger partial charge in [-0.2, -0.15) is 9.61 Å². The average Bonchev–Trinajstić information content (AvgIpc) is 3.21. The lowest BCUT2D eigenvalue weighted by molar-refractivity contribution is 0.0933. The van der Waals surface area contributed by atoms with Crippen LogP contribution in [0.5, 0.6) is 0 Å². The lowest BCUT2D eigenvalue weighted by Crippen LogP contribution is -2.34. The number of nitrogens with one attached hydrogen (secondary N) is 3. The predicted molar refractivity (Wildman–Crippen MR) is 125 cm³/mol. The van der Waals surface area contributed by atoms with Crippen molar-refractivity contribution in [3.63, 3.8) is 0 Å². The minimum Gasteiger partial charge on any atom is -0.396 e. The summed E-state index contributed by atoms with van der Waals surface area (Å²) in [5.41, 5.74) is 0.936. The number of carbonyl (C=O) groups excluding carboxylic acids is 1. The molecule has 0 radical (unpaired) electrons.